The Bertz CT molecular complexity index is 1460. The molecule has 37 heavy (non-hydrogen) atoms. The van der Waals surface area contributed by atoms with Crippen molar-refractivity contribution >= 4 is 28.4 Å². The summed E-state index contributed by atoms with van der Waals surface area (Å²) in [6.07, 6.45) is -2.89. The lowest BCUT2D eigenvalue weighted by Crippen LogP contribution is -2.36. The Morgan fingerprint density at radius 3 is 2.57 bits per heavy atom. The van der Waals surface area contributed by atoms with Gasteiger partial charge in [0.05, 0.1) is 36.0 Å². The molecule has 1 amide bonds. The van der Waals surface area contributed by atoms with Gasteiger partial charge >= 0.3 is 6.18 Å². The molecule has 1 fully saturated rings. The molecular formula is C26H20F4N4O3. The van der Waals surface area contributed by atoms with Crippen molar-refractivity contribution in [3.05, 3.63) is 83.8 Å². The predicted octanol–water partition coefficient (Wildman–Crippen LogP) is 5.67. The summed E-state index contributed by atoms with van der Waals surface area (Å²) in [6.45, 7) is 2.63. The molecule has 2 heterocycles. The van der Waals surface area contributed by atoms with Crippen LogP contribution in [-0.2, 0) is 10.9 Å². The summed E-state index contributed by atoms with van der Waals surface area (Å²) in [5, 5.41) is 2.40. The first-order valence-electron chi connectivity index (χ1n) is 11.3. The highest BCUT2D eigenvalue weighted by Crippen LogP contribution is 2.31. The Hall–Kier alpha value is -4.25. The standard InChI is InChI=1S/C26H20F4N4O3/c27-20-13-18(32-25(35)16-2-1-3-17(12-16)26(28,29)30)4-7-23(20)37-19-5-6-21-22(14-19)33-24(15-31-21)34-8-10-36-11-9-34/h1-7,12-15H,8-11H2,(H,32,35). The van der Waals surface area contributed by atoms with Crippen molar-refractivity contribution in [3.8, 4) is 11.5 Å². The average molecular weight is 512 g/mol. The first kappa shape index (κ1) is 24.4. The third-order valence-electron chi connectivity index (χ3n) is 5.71. The fourth-order valence-electron chi connectivity index (χ4n) is 3.82. The smallest absolute Gasteiger partial charge is 0.416 e. The zero-order chi connectivity index (χ0) is 26.0. The maximum absolute atomic E-state index is 14.8. The number of ether oxygens (including phenoxy) is 2. The van der Waals surface area contributed by atoms with Crippen LogP contribution in [0.5, 0.6) is 11.5 Å². The van der Waals surface area contributed by atoms with Crippen molar-refractivity contribution in [1.29, 1.82) is 0 Å². The number of carbonyl (C=O) groups excluding carboxylic acids is 1. The van der Waals surface area contributed by atoms with E-state index in [1.165, 1.54) is 18.2 Å². The molecular weight excluding hydrogens is 492 g/mol. The predicted molar refractivity (Wildman–Crippen MR) is 128 cm³/mol. The van der Waals surface area contributed by atoms with Crippen molar-refractivity contribution in [1.82, 2.24) is 9.97 Å². The number of morpholine rings is 1. The molecule has 0 saturated carbocycles. The molecule has 0 unspecified atom stereocenters. The number of fused-ring (bicyclic) bond motifs is 1. The Morgan fingerprint density at radius 2 is 1.81 bits per heavy atom. The summed E-state index contributed by atoms with van der Waals surface area (Å²) in [6, 6.07) is 12.7. The molecule has 1 saturated heterocycles. The van der Waals surface area contributed by atoms with Gasteiger partial charge in [-0.3, -0.25) is 9.78 Å². The number of benzene rings is 3. The molecule has 0 spiro atoms. The molecule has 1 aliphatic heterocycles. The van der Waals surface area contributed by atoms with E-state index in [2.05, 4.69) is 20.2 Å². The molecule has 11 heteroatoms. The maximum atomic E-state index is 14.8. The van der Waals surface area contributed by atoms with Crippen LogP contribution in [0.2, 0.25) is 0 Å². The molecule has 1 aliphatic rings. The minimum Gasteiger partial charge on any atom is -0.454 e. The average Bonchev–Trinajstić information content (AvgIpc) is 2.90. The van der Waals surface area contributed by atoms with Crippen molar-refractivity contribution < 1.29 is 31.8 Å². The van der Waals surface area contributed by atoms with E-state index >= 15 is 0 Å². The number of rotatable bonds is 5. The summed E-state index contributed by atoms with van der Waals surface area (Å²) in [7, 11) is 0. The molecule has 0 atom stereocenters. The van der Waals surface area contributed by atoms with Gasteiger partial charge in [-0.15, -0.1) is 0 Å². The number of nitrogens with zero attached hydrogens (tertiary/aromatic N) is 3. The Kier molecular flexibility index (Phi) is 6.62. The molecule has 1 N–H and O–H groups in total. The molecule has 0 bridgehead atoms. The van der Waals surface area contributed by atoms with E-state index < -0.39 is 23.5 Å². The van der Waals surface area contributed by atoms with E-state index in [1.54, 1.807) is 24.4 Å². The van der Waals surface area contributed by atoms with Crippen LogP contribution in [0.3, 0.4) is 0 Å². The molecule has 190 valence electrons. The van der Waals surface area contributed by atoms with Gasteiger partial charge in [0.25, 0.3) is 5.91 Å². The minimum atomic E-state index is -4.58. The third-order valence-corrected chi connectivity index (χ3v) is 5.71. The zero-order valence-electron chi connectivity index (χ0n) is 19.3. The summed E-state index contributed by atoms with van der Waals surface area (Å²) in [5.41, 5.74) is 0.132. The zero-order valence-corrected chi connectivity index (χ0v) is 19.3. The second kappa shape index (κ2) is 10.0. The van der Waals surface area contributed by atoms with Crippen LogP contribution in [0.25, 0.3) is 11.0 Å². The number of halogens is 4. The monoisotopic (exact) mass is 512 g/mol. The lowest BCUT2D eigenvalue weighted by Gasteiger charge is -2.27. The van der Waals surface area contributed by atoms with Gasteiger partial charge in [-0.2, -0.15) is 13.2 Å². The second-order valence-electron chi connectivity index (χ2n) is 8.26. The molecule has 1 aromatic heterocycles. The lowest BCUT2D eigenvalue weighted by atomic mass is 10.1. The van der Waals surface area contributed by atoms with Crippen molar-refractivity contribution in [2.24, 2.45) is 0 Å². The van der Waals surface area contributed by atoms with E-state index in [-0.39, 0.29) is 17.0 Å². The minimum absolute atomic E-state index is 0.0618. The van der Waals surface area contributed by atoms with Gasteiger partial charge in [-0.25, -0.2) is 9.37 Å². The van der Waals surface area contributed by atoms with Gasteiger partial charge in [0, 0.05) is 36.5 Å². The van der Waals surface area contributed by atoms with Gasteiger partial charge < -0.3 is 19.7 Å². The summed E-state index contributed by atoms with van der Waals surface area (Å²) in [5.74, 6) is -0.632. The Morgan fingerprint density at radius 1 is 1.00 bits per heavy atom. The van der Waals surface area contributed by atoms with Crippen LogP contribution in [0.15, 0.2) is 66.9 Å². The van der Waals surface area contributed by atoms with Crippen LogP contribution in [0.1, 0.15) is 15.9 Å². The highest BCUT2D eigenvalue weighted by Gasteiger charge is 2.31. The van der Waals surface area contributed by atoms with E-state index in [9.17, 15) is 22.4 Å². The number of amides is 1. The summed E-state index contributed by atoms with van der Waals surface area (Å²) < 4.78 is 64.6. The van der Waals surface area contributed by atoms with E-state index in [0.717, 1.165) is 24.3 Å². The maximum Gasteiger partial charge on any atom is 0.416 e. The number of anilines is 2. The first-order chi connectivity index (χ1) is 17.8. The molecule has 3 aromatic carbocycles. The van der Waals surface area contributed by atoms with E-state index in [1.807, 2.05) is 0 Å². The van der Waals surface area contributed by atoms with Crippen molar-refractivity contribution in [3.63, 3.8) is 0 Å². The number of alkyl halides is 3. The third kappa shape index (κ3) is 5.61. The van der Waals surface area contributed by atoms with Crippen LogP contribution in [0, 0.1) is 5.82 Å². The number of hydrogen-bond acceptors (Lipinski definition) is 6. The van der Waals surface area contributed by atoms with Gasteiger partial charge in [-0.05, 0) is 42.5 Å². The SMILES string of the molecule is O=C(Nc1ccc(Oc2ccc3ncc(N4CCOCC4)nc3c2)c(F)c1)c1cccc(C(F)(F)F)c1. The fraction of sp³-hybridized carbons (Fsp3) is 0.192. The Labute approximate surface area is 208 Å². The molecule has 4 aromatic rings. The van der Waals surface area contributed by atoms with Crippen molar-refractivity contribution in [2.75, 3.05) is 36.5 Å². The summed E-state index contributed by atoms with van der Waals surface area (Å²) >= 11 is 0. The quantitative estimate of drug-likeness (QED) is 0.348. The second-order valence-corrected chi connectivity index (χ2v) is 8.26. The number of nitrogens with one attached hydrogen (secondary N) is 1. The normalized spacial score (nSPS) is 14.0. The first-order valence-corrected chi connectivity index (χ1v) is 11.3. The topological polar surface area (TPSA) is 76.6 Å². The van der Waals surface area contributed by atoms with Crippen LogP contribution >= 0.6 is 0 Å². The highest BCUT2D eigenvalue weighted by atomic mass is 19.4. The van der Waals surface area contributed by atoms with E-state index in [4.69, 9.17) is 9.47 Å². The van der Waals surface area contributed by atoms with Crippen molar-refractivity contribution in [2.45, 2.75) is 6.18 Å². The molecule has 0 radical (unpaired) electrons. The number of hydrogen-bond donors (Lipinski definition) is 1. The molecule has 0 aliphatic carbocycles. The van der Waals surface area contributed by atoms with Gasteiger partial charge in [0.2, 0.25) is 0 Å². The van der Waals surface area contributed by atoms with Crippen LogP contribution in [0.4, 0.5) is 29.1 Å². The fourth-order valence-corrected chi connectivity index (χ4v) is 3.82. The summed E-state index contributed by atoms with van der Waals surface area (Å²) in [4.78, 5) is 23.5. The highest BCUT2D eigenvalue weighted by molar-refractivity contribution is 6.04. The largest absolute Gasteiger partial charge is 0.454 e. The van der Waals surface area contributed by atoms with Gasteiger partial charge in [0.15, 0.2) is 11.6 Å². The number of aromatic nitrogens is 2. The molecule has 5 rings (SSSR count). The van der Waals surface area contributed by atoms with Gasteiger partial charge in [-0.1, -0.05) is 6.07 Å². The molecule has 7 nitrogen and oxygen atoms in total. The van der Waals surface area contributed by atoms with Crippen LogP contribution in [-0.4, -0.2) is 42.2 Å². The van der Waals surface area contributed by atoms with E-state index in [0.29, 0.717) is 48.9 Å². The number of carbonyl (C=O) groups is 1. The Balaban J connectivity index is 1.30. The van der Waals surface area contributed by atoms with Crippen LogP contribution < -0.4 is 15.0 Å². The lowest BCUT2D eigenvalue weighted by molar-refractivity contribution is -0.137. The van der Waals surface area contributed by atoms with Gasteiger partial charge in [0.1, 0.15) is 11.6 Å².